The van der Waals surface area contributed by atoms with E-state index in [9.17, 15) is 4.79 Å². The van der Waals surface area contributed by atoms with Gasteiger partial charge < -0.3 is 10.5 Å². The summed E-state index contributed by atoms with van der Waals surface area (Å²) in [5, 5.41) is 0. The van der Waals surface area contributed by atoms with Gasteiger partial charge in [-0.1, -0.05) is 23.7 Å². The summed E-state index contributed by atoms with van der Waals surface area (Å²) in [6.45, 7) is 0. The smallest absolute Gasteiger partial charge is 0.337 e. The Balaban J connectivity index is 2.95. The number of rotatable bonds is 2. The summed E-state index contributed by atoms with van der Waals surface area (Å²) in [7, 11) is 1.34. The predicted molar refractivity (Wildman–Crippen MR) is 63.5 cm³/mol. The van der Waals surface area contributed by atoms with Gasteiger partial charge in [-0.15, -0.1) is 0 Å². The molecular weight excluding hydrogens is 316 g/mol. The molecule has 0 spiro atoms. The second kappa shape index (κ2) is 4.46. The molecule has 76 valence electrons. The zero-order valence-corrected chi connectivity index (χ0v) is 10.4. The predicted octanol–water partition coefficient (Wildman–Crippen LogP) is 2.22. The number of methoxy groups -OCH3 is 1. The van der Waals surface area contributed by atoms with Gasteiger partial charge in [-0.2, -0.15) is 0 Å². The van der Waals surface area contributed by atoms with Crippen LogP contribution < -0.4 is 5.73 Å². The van der Waals surface area contributed by atoms with E-state index in [0.29, 0.717) is 5.56 Å². The van der Waals surface area contributed by atoms with Crippen LogP contribution in [-0.2, 0) is 7.74 Å². The van der Waals surface area contributed by atoms with E-state index in [0.717, 1.165) is 5.56 Å². The highest BCUT2D eigenvalue weighted by molar-refractivity contribution is 14.1. The van der Waals surface area contributed by atoms with Crippen LogP contribution in [0, 0.1) is 0 Å². The molecule has 1 unspecified atom stereocenters. The van der Waals surface area contributed by atoms with Crippen molar-refractivity contribution in [2.45, 2.75) is 3.00 Å². The number of carbonyl (C=O) groups is 1. The maximum atomic E-state index is 11.1. The first-order valence-electron chi connectivity index (χ1n) is 3.80. The minimum Gasteiger partial charge on any atom is -0.465 e. The van der Waals surface area contributed by atoms with Crippen molar-refractivity contribution >= 4 is 40.2 Å². The lowest BCUT2D eigenvalue weighted by molar-refractivity contribution is 0.0600. The fourth-order valence-corrected chi connectivity index (χ4v) is 1.43. The van der Waals surface area contributed by atoms with Crippen LogP contribution in [0.15, 0.2) is 24.3 Å². The van der Waals surface area contributed by atoms with E-state index >= 15 is 0 Å². The first kappa shape index (κ1) is 11.7. The molecule has 1 rings (SSSR count). The molecule has 0 aliphatic carbocycles. The first-order chi connectivity index (χ1) is 6.45. The van der Waals surface area contributed by atoms with Crippen molar-refractivity contribution in [3.8, 4) is 0 Å². The lowest BCUT2D eigenvalue weighted by Gasteiger charge is -2.13. The highest BCUT2D eigenvalue weighted by atomic mass is 127. The Morgan fingerprint density at radius 3 is 2.36 bits per heavy atom. The normalized spacial score (nSPS) is 14.6. The fraction of sp³-hybridized carbons (Fsp3) is 0.222. The van der Waals surface area contributed by atoms with Crippen LogP contribution in [0.2, 0.25) is 0 Å². The van der Waals surface area contributed by atoms with Gasteiger partial charge in [0, 0.05) is 0 Å². The van der Waals surface area contributed by atoms with Crippen molar-refractivity contribution in [2.24, 2.45) is 5.73 Å². The number of alkyl halides is 2. The van der Waals surface area contributed by atoms with Crippen LogP contribution in [0.5, 0.6) is 0 Å². The molecule has 0 fully saturated rings. The van der Waals surface area contributed by atoms with E-state index in [4.69, 9.17) is 17.3 Å². The standard InChI is InChI=1S/C9H9ClINO2/c1-14-8(13)6-2-4-7(5-3-6)9(10,11)12/h2-5H,12H2,1H3. The topological polar surface area (TPSA) is 52.3 Å². The van der Waals surface area contributed by atoms with Gasteiger partial charge in [0.15, 0.2) is 3.00 Å². The summed E-state index contributed by atoms with van der Waals surface area (Å²) >= 11 is 7.78. The van der Waals surface area contributed by atoms with Crippen LogP contribution in [-0.4, -0.2) is 13.1 Å². The van der Waals surface area contributed by atoms with Crippen molar-refractivity contribution in [3.05, 3.63) is 35.4 Å². The third-order valence-electron chi connectivity index (χ3n) is 1.69. The third-order valence-corrected chi connectivity index (χ3v) is 2.53. The SMILES string of the molecule is COC(=O)c1ccc(C(N)(Cl)I)cc1. The largest absolute Gasteiger partial charge is 0.465 e. The minimum absolute atomic E-state index is 0.373. The Hall–Kier alpha value is -0.330. The maximum absolute atomic E-state index is 11.1. The van der Waals surface area contributed by atoms with Crippen LogP contribution >= 0.6 is 34.2 Å². The summed E-state index contributed by atoms with van der Waals surface area (Å²) in [6, 6.07) is 6.66. The van der Waals surface area contributed by atoms with Gasteiger partial charge in [0.25, 0.3) is 0 Å². The second-order valence-corrected chi connectivity index (χ2v) is 5.63. The molecule has 1 aromatic rings. The molecule has 0 aromatic heterocycles. The number of hydrogen-bond donors (Lipinski definition) is 1. The van der Waals surface area contributed by atoms with E-state index in [1.165, 1.54) is 7.11 Å². The minimum atomic E-state index is -0.938. The van der Waals surface area contributed by atoms with Gasteiger partial charge in [0.2, 0.25) is 0 Å². The summed E-state index contributed by atoms with van der Waals surface area (Å²) in [6.07, 6.45) is 0. The fourth-order valence-electron chi connectivity index (χ4n) is 0.946. The monoisotopic (exact) mass is 325 g/mol. The van der Waals surface area contributed by atoms with Crippen molar-refractivity contribution in [3.63, 3.8) is 0 Å². The molecule has 1 atom stereocenters. The number of hydrogen-bond acceptors (Lipinski definition) is 3. The molecule has 0 saturated carbocycles. The molecule has 0 radical (unpaired) electrons. The molecule has 2 N–H and O–H groups in total. The van der Waals surface area contributed by atoms with Gasteiger partial charge >= 0.3 is 5.97 Å². The summed E-state index contributed by atoms with van der Waals surface area (Å²) in [5.41, 5.74) is 6.87. The van der Waals surface area contributed by atoms with Crippen LogP contribution in [0.1, 0.15) is 15.9 Å². The number of ether oxygens (including phenoxy) is 1. The van der Waals surface area contributed by atoms with Crippen molar-refractivity contribution in [1.29, 1.82) is 0 Å². The zero-order chi connectivity index (χ0) is 10.8. The maximum Gasteiger partial charge on any atom is 0.337 e. The van der Waals surface area contributed by atoms with Gasteiger partial charge in [-0.05, 0) is 40.3 Å². The molecule has 3 nitrogen and oxygen atoms in total. The Kier molecular flexibility index (Phi) is 3.74. The lowest BCUT2D eigenvalue weighted by atomic mass is 10.1. The average Bonchev–Trinajstić information content (AvgIpc) is 2.15. The van der Waals surface area contributed by atoms with Gasteiger partial charge in [-0.3, -0.25) is 0 Å². The zero-order valence-electron chi connectivity index (χ0n) is 7.46. The molecule has 0 aliphatic rings. The average molecular weight is 326 g/mol. The number of nitrogens with two attached hydrogens (primary N) is 1. The van der Waals surface area contributed by atoms with Crippen molar-refractivity contribution in [2.75, 3.05) is 7.11 Å². The molecule has 0 saturated heterocycles. The van der Waals surface area contributed by atoms with Crippen molar-refractivity contribution < 1.29 is 9.53 Å². The van der Waals surface area contributed by atoms with Crippen molar-refractivity contribution in [1.82, 2.24) is 0 Å². The van der Waals surface area contributed by atoms with Gasteiger partial charge in [-0.25, -0.2) is 4.79 Å². The van der Waals surface area contributed by atoms with Gasteiger partial charge in [0.05, 0.1) is 12.7 Å². The summed E-state index contributed by atoms with van der Waals surface area (Å²) in [5.74, 6) is -0.373. The molecule has 0 amide bonds. The Morgan fingerprint density at radius 1 is 1.50 bits per heavy atom. The number of carbonyl (C=O) groups excluding carboxylic acids is 1. The quantitative estimate of drug-likeness (QED) is 0.393. The third kappa shape index (κ3) is 2.83. The van der Waals surface area contributed by atoms with E-state index < -0.39 is 3.00 Å². The number of benzene rings is 1. The molecule has 0 heterocycles. The van der Waals surface area contributed by atoms with E-state index in [1.807, 2.05) is 22.6 Å². The molecule has 14 heavy (non-hydrogen) atoms. The number of halogens is 2. The van der Waals surface area contributed by atoms with Crippen LogP contribution in [0.3, 0.4) is 0 Å². The van der Waals surface area contributed by atoms with E-state index in [2.05, 4.69) is 4.74 Å². The second-order valence-electron chi connectivity index (χ2n) is 2.69. The molecule has 1 aromatic carbocycles. The Bertz CT molecular complexity index is 332. The summed E-state index contributed by atoms with van der Waals surface area (Å²) in [4.78, 5) is 11.1. The molecule has 0 aliphatic heterocycles. The summed E-state index contributed by atoms with van der Waals surface area (Å²) < 4.78 is 3.62. The van der Waals surface area contributed by atoms with Gasteiger partial charge in [0.1, 0.15) is 0 Å². The molecule has 0 bridgehead atoms. The van der Waals surface area contributed by atoms with Crippen LogP contribution in [0.25, 0.3) is 0 Å². The molecular formula is C9H9ClINO2. The highest BCUT2D eigenvalue weighted by Gasteiger charge is 2.19. The Morgan fingerprint density at radius 2 is 2.00 bits per heavy atom. The first-order valence-corrected chi connectivity index (χ1v) is 5.26. The van der Waals surface area contributed by atoms with E-state index in [1.54, 1.807) is 24.3 Å². The highest BCUT2D eigenvalue weighted by Crippen LogP contribution is 2.30. The Labute approximate surface area is 101 Å². The number of esters is 1. The lowest BCUT2D eigenvalue weighted by Crippen LogP contribution is -2.21. The van der Waals surface area contributed by atoms with Crippen LogP contribution in [0.4, 0.5) is 0 Å². The molecule has 5 heteroatoms. The van der Waals surface area contributed by atoms with E-state index in [-0.39, 0.29) is 5.97 Å².